The molecule has 3 aromatic rings. The first-order valence-corrected chi connectivity index (χ1v) is 9.57. The van der Waals surface area contributed by atoms with Crippen LogP contribution in [0.4, 0.5) is 10.9 Å². The van der Waals surface area contributed by atoms with E-state index in [4.69, 9.17) is 4.98 Å². The van der Waals surface area contributed by atoms with E-state index < -0.39 is 0 Å². The Hall–Kier alpha value is -1.89. The third-order valence-electron chi connectivity index (χ3n) is 3.74. The smallest absolute Gasteiger partial charge is 0.188 e. The highest BCUT2D eigenvalue weighted by atomic mass is 32.2. The van der Waals surface area contributed by atoms with Crippen molar-refractivity contribution in [1.82, 2.24) is 15.3 Å². The van der Waals surface area contributed by atoms with Crippen molar-refractivity contribution < 1.29 is 0 Å². The molecule has 0 fully saturated rings. The standard InChI is InChI=1S/C18H18N4S2/c1-12-9-14(23-13-5-3-2-4-6-13)10-17(20-12)22-18-21-15-7-8-19-11-16(15)24-18/h2-6,9-10,19H,7-8,11H2,1H3,(H,20,21,22). The number of benzene rings is 1. The number of hydrogen-bond donors (Lipinski definition) is 2. The molecule has 2 aromatic heterocycles. The molecular weight excluding hydrogens is 336 g/mol. The Labute approximate surface area is 149 Å². The van der Waals surface area contributed by atoms with E-state index in [1.165, 1.54) is 20.4 Å². The number of pyridine rings is 1. The van der Waals surface area contributed by atoms with Gasteiger partial charge in [0.1, 0.15) is 5.82 Å². The monoisotopic (exact) mass is 354 g/mol. The first-order chi connectivity index (χ1) is 11.8. The van der Waals surface area contributed by atoms with Gasteiger partial charge in [-0.15, -0.1) is 11.3 Å². The van der Waals surface area contributed by atoms with Crippen molar-refractivity contribution >= 4 is 34.0 Å². The molecule has 0 unspecified atom stereocenters. The maximum absolute atomic E-state index is 4.71. The minimum Gasteiger partial charge on any atom is -0.316 e. The lowest BCUT2D eigenvalue weighted by Gasteiger charge is -2.09. The number of aromatic nitrogens is 2. The number of fused-ring (bicyclic) bond motifs is 1. The molecular formula is C18H18N4S2. The van der Waals surface area contributed by atoms with Gasteiger partial charge in [-0.05, 0) is 31.2 Å². The second-order valence-corrected chi connectivity index (χ2v) is 7.92. The van der Waals surface area contributed by atoms with Gasteiger partial charge in [0, 0.05) is 39.9 Å². The average molecular weight is 355 g/mol. The maximum Gasteiger partial charge on any atom is 0.188 e. The third-order valence-corrected chi connectivity index (χ3v) is 5.74. The molecule has 4 rings (SSSR count). The van der Waals surface area contributed by atoms with E-state index in [1.807, 2.05) is 13.0 Å². The first kappa shape index (κ1) is 15.6. The minimum absolute atomic E-state index is 0.854. The molecule has 1 aliphatic heterocycles. The van der Waals surface area contributed by atoms with Crippen LogP contribution >= 0.6 is 23.1 Å². The zero-order valence-electron chi connectivity index (χ0n) is 13.4. The molecule has 0 saturated carbocycles. The molecule has 3 heterocycles. The molecule has 24 heavy (non-hydrogen) atoms. The summed E-state index contributed by atoms with van der Waals surface area (Å²) in [6.07, 6.45) is 1.00. The van der Waals surface area contributed by atoms with Gasteiger partial charge in [-0.25, -0.2) is 9.97 Å². The number of rotatable bonds is 4. The van der Waals surface area contributed by atoms with Gasteiger partial charge in [0.05, 0.1) is 5.69 Å². The molecule has 122 valence electrons. The van der Waals surface area contributed by atoms with Crippen LogP contribution in [-0.2, 0) is 13.0 Å². The van der Waals surface area contributed by atoms with E-state index in [0.717, 1.165) is 36.2 Å². The lowest BCUT2D eigenvalue weighted by atomic mass is 10.2. The highest BCUT2D eigenvalue weighted by molar-refractivity contribution is 7.99. The fraction of sp³-hybridized carbons (Fsp3) is 0.222. The van der Waals surface area contributed by atoms with E-state index in [9.17, 15) is 0 Å². The number of anilines is 2. The van der Waals surface area contributed by atoms with E-state index in [-0.39, 0.29) is 0 Å². The van der Waals surface area contributed by atoms with Crippen molar-refractivity contribution in [2.24, 2.45) is 0 Å². The lowest BCUT2D eigenvalue weighted by Crippen LogP contribution is -2.22. The highest BCUT2D eigenvalue weighted by Crippen LogP contribution is 2.31. The van der Waals surface area contributed by atoms with Gasteiger partial charge in [0.25, 0.3) is 0 Å². The Morgan fingerprint density at radius 2 is 2.00 bits per heavy atom. The van der Waals surface area contributed by atoms with Crippen LogP contribution in [0.25, 0.3) is 0 Å². The first-order valence-electron chi connectivity index (χ1n) is 7.94. The van der Waals surface area contributed by atoms with Crippen molar-refractivity contribution in [2.75, 3.05) is 11.9 Å². The van der Waals surface area contributed by atoms with Crippen LogP contribution in [0.5, 0.6) is 0 Å². The molecule has 1 aromatic carbocycles. The molecule has 0 spiro atoms. The van der Waals surface area contributed by atoms with Crippen molar-refractivity contribution in [1.29, 1.82) is 0 Å². The van der Waals surface area contributed by atoms with Crippen LogP contribution in [0.2, 0.25) is 0 Å². The Morgan fingerprint density at radius 3 is 2.83 bits per heavy atom. The lowest BCUT2D eigenvalue weighted by molar-refractivity contribution is 0.644. The normalized spacial score (nSPS) is 13.5. The largest absolute Gasteiger partial charge is 0.316 e. The number of nitrogens with zero attached hydrogens (tertiary/aromatic N) is 2. The topological polar surface area (TPSA) is 49.8 Å². The van der Waals surface area contributed by atoms with Gasteiger partial charge >= 0.3 is 0 Å². The number of aryl methyl sites for hydroxylation is 1. The molecule has 0 atom stereocenters. The van der Waals surface area contributed by atoms with Crippen LogP contribution in [0, 0.1) is 6.92 Å². The summed E-state index contributed by atoms with van der Waals surface area (Å²) in [5.74, 6) is 0.854. The predicted molar refractivity (Wildman–Crippen MR) is 100 cm³/mol. The van der Waals surface area contributed by atoms with Crippen LogP contribution in [0.1, 0.15) is 16.3 Å². The van der Waals surface area contributed by atoms with Crippen LogP contribution in [0.15, 0.2) is 52.3 Å². The third kappa shape index (κ3) is 3.61. The van der Waals surface area contributed by atoms with E-state index in [2.05, 4.69) is 52.0 Å². The molecule has 2 N–H and O–H groups in total. The average Bonchev–Trinajstić information content (AvgIpc) is 2.97. The van der Waals surface area contributed by atoms with Gasteiger partial charge in [0.15, 0.2) is 5.13 Å². The Morgan fingerprint density at radius 1 is 1.12 bits per heavy atom. The summed E-state index contributed by atoms with van der Waals surface area (Å²) in [6, 6.07) is 14.6. The van der Waals surface area contributed by atoms with Crippen LogP contribution in [0.3, 0.4) is 0 Å². The molecule has 0 radical (unpaired) electrons. The molecule has 0 bridgehead atoms. The maximum atomic E-state index is 4.71. The van der Waals surface area contributed by atoms with Crippen LogP contribution < -0.4 is 10.6 Å². The van der Waals surface area contributed by atoms with Gasteiger partial charge in [-0.1, -0.05) is 30.0 Å². The van der Waals surface area contributed by atoms with Crippen molar-refractivity contribution in [2.45, 2.75) is 29.7 Å². The summed E-state index contributed by atoms with van der Waals surface area (Å²) in [4.78, 5) is 13.0. The summed E-state index contributed by atoms with van der Waals surface area (Å²) in [6.45, 7) is 3.96. The quantitative estimate of drug-likeness (QED) is 0.728. The predicted octanol–water partition coefficient (Wildman–Crippen LogP) is 4.39. The fourth-order valence-electron chi connectivity index (χ4n) is 2.67. The molecule has 6 heteroatoms. The van der Waals surface area contributed by atoms with Gasteiger partial charge < -0.3 is 10.6 Å². The zero-order valence-corrected chi connectivity index (χ0v) is 15.0. The van der Waals surface area contributed by atoms with E-state index in [0.29, 0.717) is 0 Å². The molecule has 1 aliphatic rings. The second-order valence-electron chi connectivity index (χ2n) is 5.69. The van der Waals surface area contributed by atoms with E-state index in [1.54, 1.807) is 23.1 Å². The van der Waals surface area contributed by atoms with E-state index >= 15 is 0 Å². The van der Waals surface area contributed by atoms with Gasteiger partial charge in [0.2, 0.25) is 0 Å². The Kier molecular flexibility index (Phi) is 4.51. The second kappa shape index (κ2) is 6.93. The Balaban J connectivity index is 1.56. The van der Waals surface area contributed by atoms with Crippen molar-refractivity contribution in [3.63, 3.8) is 0 Å². The number of thiazole rings is 1. The van der Waals surface area contributed by atoms with Crippen LogP contribution in [-0.4, -0.2) is 16.5 Å². The van der Waals surface area contributed by atoms with Crippen molar-refractivity contribution in [3.05, 3.63) is 58.7 Å². The van der Waals surface area contributed by atoms with Gasteiger partial charge in [-0.2, -0.15) is 0 Å². The molecule has 0 aliphatic carbocycles. The Bertz CT molecular complexity index is 822. The molecule has 0 saturated heterocycles. The number of hydrogen-bond acceptors (Lipinski definition) is 6. The summed E-state index contributed by atoms with van der Waals surface area (Å²) >= 11 is 3.46. The van der Waals surface area contributed by atoms with Crippen molar-refractivity contribution in [3.8, 4) is 0 Å². The fourth-order valence-corrected chi connectivity index (χ4v) is 4.62. The zero-order chi connectivity index (χ0) is 16.4. The summed E-state index contributed by atoms with van der Waals surface area (Å²) in [7, 11) is 0. The number of nitrogens with one attached hydrogen (secondary N) is 2. The summed E-state index contributed by atoms with van der Waals surface area (Å²) < 4.78 is 0. The minimum atomic E-state index is 0.854. The van der Waals surface area contributed by atoms with Gasteiger partial charge in [-0.3, -0.25) is 0 Å². The highest BCUT2D eigenvalue weighted by Gasteiger charge is 2.15. The SMILES string of the molecule is Cc1cc(Sc2ccccc2)cc(Nc2nc3c(s2)CNCC3)n1. The summed E-state index contributed by atoms with van der Waals surface area (Å²) in [5.41, 5.74) is 2.22. The molecule has 4 nitrogen and oxygen atoms in total. The summed E-state index contributed by atoms with van der Waals surface area (Å²) in [5, 5.41) is 7.70. The molecule has 0 amide bonds.